The van der Waals surface area contributed by atoms with Crippen molar-refractivity contribution in [1.29, 1.82) is 0 Å². The molecular formula is C27H28FN3O3S. The number of aromatic nitrogens is 1. The topological polar surface area (TPSA) is 82.3 Å². The molecule has 0 spiro atoms. The highest BCUT2D eigenvalue weighted by Crippen LogP contribution is 2.28. The molecule has 0 radical (unpaired) electrons. The van der Waals surface area contributed by atoms with E-state index >= 15 is 0 Å². The quantitative estimate of drug-likeness (QED) is 0.388. The van der Waals surface area contributed by atoms with Gasteiger partial charge in [-0.15, -0.1) is 0 Å². The van der Waals surface area contributed by atoms with Gasteiger partial charge >= 0.3 is 0 Å². The van der Waals surface area contributed by atoms with Crippen LogP contribution in [0.5, 0.6) is 0 Å². The fourth-order valence-electron chi connectivity index (χ4n) is 4.22. The van der Waals surface area contributed by atoms with E-state index in [2.05, 4.69) is 10.3 Å². The van der Waals surface area contributed by atoms with Gasteiger partial charge in [0.2, 0.25) is 10.0 Å². The number of hydrogen-bond donors (Lipinski definition) is 2. The summed E-state index contributed by atoms with van der Waals surface area (Å²) >= 11 is 0. The zero-order chi connectivity index (χ0) is 25.3. The molecule has 1 heterocycles. The molecule has 1 aromatic heterocycles. The van der Waals surface area contributed by atoms with E-state index < -0.39 is 10.0 Å². The Bertz CT molecular complexity index is 1510. The molecule has 0 bridgehead atoms. The van der Waals surface area contributed by atoms with Crippen LogP contribution in [0.2, 0.25) is 0 Å². The number of carbonyl (C=O) groups excluding carboxylic acids is 1. The molecule has 35 heavy (non-hydrogen) atoms. The molecule has 0 atom stereocenters. The number of H-pyrrole nitrogens is 1. The molecule has 182 valence electrons. The van der Waals surface area contributed by atoms with Crippen LogP contribution in [0.4, 0.5) is 4.39 Å². The average Bonchev–Trinajstić information content (AvgIpc) is 3.18. The molecule has 0 aliphatic carbocycles. The van der Waals surface area contributed by atoms with Gasteiger partial charge in [-0.2, -0.15) is 0 Å². The van der Waals surface area contributed by atoms with E-state index in [0.717, 1.165) is 33.3 Å². The van der Waals surface area contributed by atoms with E-state index in [1.54, 1.807) is 48.5 Å². The van der Waals surface area contributed by atoms with Gasteiger partial charge in [-0.25, -0.2) is 17.1 Å². The minimum absolute atomic E-state index is 0.208. The van der Waals surface area contributed by atoms with Crippen LogP contribution in [0.3, 0.4) is 0 Å². The first-order valence-corrected chi connectivity index (χ1v) is 12.7. The van der Waals surface area contributed by atoms with Crippen molar-refractivity contribution < 1.29 is 17.6 Å². The van der Waals surface area contributed by atoms with Crippen molar-refractivity contribution in [1.82, 2.24) is 14.6 Å². The molecule has 0 aliphatic heterocycles. The Balaban J connectivity index is 1.45. The van der Waals surface area contributed by atoms with E-state index in [0.29, 0.717) is 24.0 Å². The highest BCUT2D eigenvalue weighted by Gasteiger charge is 2.18. The second kappa shape index (κ2) is 9.64. The molecule has 1 amide bonds. The Morgan fingerprint density at radius 3 is 2.40 bits per heavy atom. The number of amides is 1. The number of nitrogens with one attached hydrogen (secondary N) is 2. The lowest BCUT2D eigenvalue weighted by molar-refractivity contribution is 0.0954. The van der Waals surface area contributed by atoms with Crippen LogP contribution in [0.25, 0.3) is 22.0 Å². The molecular weight excluding hydrogens is 465 g/mol. The lowest BCUT2D eigenvalue weighted by Gasteiger charge is -2.12. The van der Waals surface area contributed by atoms with Crippen molar-refractivity contribution in [2.75, 3.05) is 20.6 Å². The normalized spacial score (nSPS) is 11.8. The maximum absolute atomic E-state index is 14.2. The molecule has 8 heteroatoms. The van der Waals surface area contributed by atoms with Gasteiger partial charge in [0.1, 0.15) is 5.82 Å². The predicted molar refractivity (Wildman–Crippen MR) is 137 cm³/mol. The molecule has 2 N–H and O–H groups in total. The van der Waals surface area contributed by atoms with Gasteiger partial charge in [-0.1, -0.05) is 30.3 Å². The van der Waals surface area contributed by atoms with E-state index in [1.165, 1.54) is 24.5 Å². The molecule has 0 saturated heterocycles. The van der Waals surface area contributed by atoms with Crippen LogP contribution in [-0.2, 0) is 16.4 Å². The Kier molecular flexibility index (Phi) is 6.78. The second-order valence-electron chi connectivity index (χ2n) is 8.74. The highest BCUT2D eigenvalue weighted by atomic mass is 32.2. The van der Waals surface area contributed by atoms with Crippen LogP contribution in [0, 0.1) is 19.7 Å². The summed E-state index contributed by atoms with van der Waals surface area (Å²) in [6, 6.07) is 17.0. The maximum Gasteiger partial charge on any atom is 0.251 e. The summed E-state index contributed by atoms with van der Waals surface area (Å²) in [5.41, 5.74) is 5.45. The van der Waals surface area contributed by atoms with E-state index in [-0.39, 0.29) is 16.6 Å². The Morgan fingerprint density at radius 2 is 1.71 bits per heavy atom. The minimum Gasteiger partial charge on any atom is -0.356 e. The molecule has 6 nitrogen and oxygen atoms in total. The first-order chi connectivity index (χ1) is 16.6. The number of aromatic amines is 1. The summed E-state index contributed by atoms with van der Waals surface area (Å²) in [6.07, 6.45) is 0.576. The summed E-state index contributed by atoms with van der Waals surface area (Å²) in [5, 5.41) is 3.81. The predicted octanol–water partition coefficient (Wildman–Crippen LogP) is 4.81. The number of sulfonamides is 1. The SMILES string of the molecule is Cc1[nH]c2c(F)ccc(C)c2c1CCNC(=O)c1ccc(-c2cccc(S(=O)(=O)N(C)C)c2)cc1. The van der Waals surface area contributed by atoms with Crippen molar-refractivity contribution >= 4 is 26.8 Å². The number of halogens is 1. The third kappa shape index (κ3) is 4.85. The number of fused-ring (bicyclic) bond motifs is 1. The van der Waals surface area contributed by atoms with Gasteiger partial charge in [0.15, 0.2) is 0 Å². The van der Waals surface area contributed by atoms with Crippen LogP contribution in [0.15, 0.2) is 65.6 Å². The number of carbonyl (C=O) groups is 1. The second-order valence-corrected chi connectivity index (χ2v) is 10.9. The highest BCUT2D eigenvalue weighted by molar-refractivity contribution is 7.89. The van der Waals surface area contributed by atoms with Gasteiger partial charge in [0.25, 0.3) is 5.91 Å². The lowest BCUT2D eigenvalue weighted by Crippen LogP contribution is -2.25. The molecule has 0 saturated carbocycles. The van der Waals surface area contributed by atoms with Gasteiger partial charge in [-0.3, -0.25) is 4.79 Å². The number of hydrogen-bond acceptors (Lipinski definition) is 3. The largest absolute Gasteiger partial charge is 0.356 e. The average molecular weight is 494 g/mol. The summed E-state index contributed by atoms with van der Waals surface area (Å²) in [7, 11) is -0.544. The van der Waals surface area contributed by atoms with E-state index in [1.807, 2.05) is 19.9 Å². The summed E-state index contributed by atoms with van der Waals surface area (Å²) < 4.78 is 40.2. The van der Waals surface area contributed by atoms with Crippen molar-refractivity contribution in [2.24, 2.45) is 0 Å². The summed E-state index contributed by atoms with van der Waals surface area (Å²) in [6.45, 7) is 4.27. The third-order valence-electron chi connectivity index (χ3n) is 6.18. The third-order valence-corrected chi connectivity index (χ3v) is 7.99. The summed E-state index contributed by atoms with van der Waals surface area (Å²) in [5.74, 6) is -0.491. The molecule has 4 aromatic rings. The van der Waals surface area contributed by atoms with Crippen molar-refractivity contribution in [3.63, 3.8) is 0 Å². The zero-order valence-corrected chi connectivity index (χ0v) is 21.0. The smallest absolute Gasteiger partial charge is 0.251 e. The Labute approximate surface area is 204 Å². The van der Waals surface area contributed by atoms with Crippen molar-refractivity contribution in [3.8, 4) is 11.1 Å². The van der Waals surface area contributed by atoms with Crippen molar-refractivity contribution in [3.05, 3.63) is 88.9 Å². The van der Waals surface area contributed by atoms with E-state index in [4.69, 9.17) is 0 Å². The van der Waals surface area contributed by atoms with Crippen LogP contribution < -0.4 is 5.32 Å². The first-order valence-electron chi connectivity index (χ1n) is 11.3. The standard InChI is InChI=1S/C27H28FN3O3S/c1-17-8-13-24(28)26-25(17)23(18(2)30-26)14-15-29-27(32)20-11-9-19(10-12-20)21-6-5-7-22(16-21)35(33,34)31(3)4/h5-13,16,30H,14-15H2,1-4H3,(H,29,32). The number of nitrogens with zero attached hydrogens (tertiary/aromatic N) is 1. The summed E-state index contributed by atoms with van der Waals surface area (Å²) in [4.78, 5) is 16.0. The maximum atomic E-state index is 14.2. The Morgan fingerprint density at radius 1 is 1.00 bits per heavy atom. The number of rotatable bonds is 7. The number of benzene rings is 3. The molecule has 0 aliphatic rings. The van der Waals surface area contributed by atoms with Gasteiger partial charge in [0, 0.05) is 37.3 Å². The molecule has 0 unspecified atom stereocenters. The van der Waals surface area contributed by atoms with Crippen LogP contribution >= 0.6 is 0 Å². The Hall–Kier alpha value is -3.49. The first kappa shape index (κ1) is 24.6. The fraction of sp³-hybridized carbons (Fsp3) is 0.222. The molecule has 4 rings (SSSR count). The number of aryl methyl sites for hydroxylation is 2. The van der Waals surface area contributed by atoms with Gasteiger partial charge in [0.05, 0.1) is 10.4 Å². The monoisotopic (exact) mass is 493 g/mol. The molecule has 0 fully saturated rings. The van der Waals surface area contributed by atoms with Gasteiger partial charge < -0.3 is 10.3 Å². The van der Waals surface area contributed by atoms with Crippen molar-refractivity contribution in [2.45, 2.75) is 25.2 Å². The van der Waals surface area contributed by atoms with Crippen LogP contribution in [0.1, 0.15) is 27.2 Å². The molecule has 3 aromatic carbocycles. The van der Waals surface area contributed by atoms with E-state index in [9.17, 15) is 17.6 Å². The van der Waals surface area contributed by atoms with Crippen LogP contribution in [-0.4, -0.2) is 44.3 Å². The lowest BCUT2D eigenvalue weighted by atomic mass is 10.0. The minimum atomic E-state index is -3.53. The van der Waals surface area contributed by atoms with Gasteiger partial charge in [-0.05, 0) is 72.9 Å². The fourth-order valence-corrected chi connectivity index (χ4v) is 5.17. The zero-order valence-electron chi connectivity index (χ0n) is 20.1.